The molecule has 3 heteroatoms. The molecule has 0 bridgehead atoms. The van der Waals surface area contributed by atoms with Crippen LogP contribution in [0.15, 0.2) is 24.5 Å². The maximum Gasteiger partial charge on any atom is 0.255 e. The van der Waals surface area contributed by atoms with Crippen molar-refractivity contribution in [2.45, 2.75) is 25.3 Å². The minimum absolute atomic E-state index is 0.0859. The highest BCUT2D eigenvalue weighted by Gasteiger charge is 2.26. The van der Waals surface area contributed by atoms with Gasteiger partial charge >= 0.3 is 0 Å². The second-order valence-corrected chi connectivity index (χ2v) is 3.74. The summed E-state index contributed by atoms with van der Waals surface area (Å²) < 4.78 is 0. The number of carbonyl (C=O) groups is 1. The second-order valence-electron chi connectivity index (χ2n) is 3.74. The molecular weight excluding hydrogens is 176 g/mol. The Hall–Kier alpha value is -1.38. The van der Waals surface area contributed by atoms with Crippen molar-refractivity contribution in [1.29, 1.82) is 0 Å². The summed E-state index contributed by atoms with van der Waals surface area (Å²) in [5.74, 6) is 0.0859. The first-order valence-corrected chi connectivity index (χ1v) is 4.96. The van der Waals surface area contributed by atoms with Crippen LogP contribution in [0.2, 0.25) is 0 Å². The van der Waals surface area contributed by atoms with Gasteiger partial charge in [0.25, 0.3) is 5.91 Å². The Morgan fingerprint density at radius 1 is 1.57 bits per heavy atom. The van der Waals surface area contributed by atoms with Crippen LogP contribution in [0.1, 0.15) is 29.6 Å². The lowest BCUT2D eigenvalue weighted by atomic mass is 9.91. The predicted molar refractivity (Wildman–Crippen MR) is 54.0 cm³/mol. The van der Waals surface area contributed by atoms with Crippen molar-refractivity contribution in [3.05, 3.63) is 30.1 Å². The summed E-state index contributed by atoms with van der Waals surface area (Å²) in [6.45, 7) is 0. The number of hydrogen-bond acceptors (Lipinski definition) is 2. The molecule has 1 aromatic rings. The number of pyridine rings is 1. The van der Waals surface area contributed by atoms with Crippen molar-refractivity contribution >= 4 is 5.91 Å². The highest BCUT2D eigenvalue weighted by molar-refractivity contribution is 5.93. The highest BCUT2D eigenvalue weighted by Crippen LogP contribution is 2.24. The quantitative estimate of drug-likeness (QED) is 0.711. The Labute approximate surface area is 83.8 Å². The molecule has 1 amide bonds. The fourth-order valence-corrected chi connectivity index (χ4v) is 1.63. The summed E-state index contributed by atoms with van der Waals surface area (Å²) in [5.41, 5.74) is 0.682. The van der Waals surface area contributed by atoms with Gasteiger partial charge in [-0.05, 0) is 31.4 Å². The van der Waals surface area contributed by atoms with E-state index in [1.54, 1.807) is 18.5 Å². The fraction of sp³-hybridized carbons (Fsp3) is 0.455. The van der Waals surface area contributed by atoms with Crippen LogP contribution in [-0.4, -0.2) is 28.9 Å². The molecule has 14 heavy (non-hydrogen) atoms. The molecule has 0 saturated heterocycles. The van der Waals surface area contributed by atoms with E-state index in [0.29, 0.717) is 11.6 Å². The smallest absolute Gasteiger partial charge is 0.255 e. The SMILES string of the molecule is CN(C(=O)c1cccnc1)C1CCC1. The fourth-order valence-electron chi connectivity index (χ4n) is 1.63. The molecule has 0 unspecified atom stereocenters. The van der Waals surface area contributed by atoms with Gasteiger partial charge in [0.05, 0.1) is 5.56 Å². The molecule has 1 aliphatic rings. The molecule has 0 spiro atoms. The van der Waals surface area contributed by atoms with E-state index in [9.17, 15) is 4.79 Å². The largest absolute Gasteiger partial charge is 0.339 e. The van der Waals surface area contributed by atoms with Crippen LogP contribution in [0.4, 0.5) is 0 Å². The highest BCUT2D eigenvalue weighted by atomic mass is 16.2. The van der Waals surface area contributed by atoms with Gasteiger partial charge in [0.2, 0.25) is 0 Å². The van der Waals surface area contributed by atoms with E-state index in [1.165, 1.54) is 6.42 Å². The molecule has 1 heterocycles. The molecule has 0 radical (unpaired) electrons. The molecule has 1 aliphatic carbocycles. The van der Waals surface area contributed by atoms with Gasteiger partial charge in [0.1, 0.15) is 0 Å². The van der Waals surface area contributed by atoms with Crippen LogP contribution >= 0.6 is 0 Å². The molecule has 0 atom stereocenters. The molecule has 1 aromatic heterocycles. The Morgan fingerprint density at radius 2 is 2.36 bits per heavy atom. The standard InChI is InChI=1S/C11H14N2O/c1-13(10-5-2-6-10)11(14)9-4-3-7-12-8-9/h3-4,7-8,10H,2,5-6H2,1H3. The van der Waals surface area contributed by atoms with Gasteiger partial charge in [-0.15, -0.1) is 0 Å². The zero-order valence-electron chi connectivity index (χ0n) is 8.31. The van der Waals surface area contributed by atoms with E-state index < -0.39 is 0 Å². The van der Waals surface area contributed by atoms with E-state index in [4.69, 9.17) is 0 Å². The van der Waals surface area contributed by atoms with Crippen molar-refractivity contribution in [2.24, 2.45) is 0 Å². The summed E-state index contributed by atoms with van der Waals surface area (Å²) in [6.07, 6.45) is 6.83. The Bertz CT molecular complexity index is 319. The molecule has 1 saturated carbocycles. The molecule has 1 fully saturated rings. The normalized spacial score (nSPS) is 16.1. The summed E-state index contributed by atoms with van der Waals surface area (Å²) in [7, 11) is 1.87. The van der Waals surface area contributed by atoms with Crippen LogP contribution in [0, 0.1) is 0 Å². The zero-order chi connectivity index (χ0) is 9.97. The van der Waals surface area contributed by atoms with Gasteiger partial charge in [-0.1, -0.05) is 0 Å². The molecule has 0 N–H and O–H groups in total. The van der Waals surface area contributed by atoms with Crippen LogP contribution in [0.3, 0.4) is 0 Å². The van der Waals surface area contributed by atoms with Gasteiger partial charge in [0, 0.05) is 25.5 Å². The molecule has 3 nitrogen and oxygen atoms in total. The lowest BCUT2D eigenvalue weighted by Crippen LogP contribution is -2.41. The van der Waals surface area contributed by atoms with Gasteiger partial charge in [-0.25, -0.2) is 0 Å². The lowest BCUT2D eigenvalue weighted by Gasteiger charge is -2.34. The topological polar surface area (TPSA) is 33.2 Å². The van der Waals surface area contributed by atoms with Gasteiger partial charge < -0.3 is 4.90 Å². The van der Waals surface area contributed by atoms with Gasteiger partial charge in [0.15, 0.2) is 0 Å². The van der Waals surface area contributed by atoms with Crippen molar-refractivity contribution in [3.63, 3.8) is 0 Å². The van der Waals surface area contributed by atoms with Crippen LogP contribution < -0.4 is 0 Å². The first-order valence-electron chi connectivity index (χ1n) is 4.96. The summed E-state index contributed by atoms with van der Waals surface area (Å²) >= 11 is 0. The van der Waals surface area contributed by atoms with Crippen molar-refractivity contribution in [3.8, 4) is 0 Å². The number of amides is 1. The average molecular weight is 190 g/mol. The minimum atomic E-state index is 0.0859. The van der Waals surface area contributed by atoms with Crippen LogP contribution in [0.5, 0.6) is 0 Å². The van der Waals surface area contributed by atoms with E-state index in [-0.39, 0.29) is 5.91 Å². The number of rotatable bonds is 2. The summed E-state index contributed by atoms with van der Waals surface area (Å²) in [5, 5.41) is 0. The average Bonchev–Trinajstić information content (AvgIpc) is 2.15. The third kappa shape index (κ3) is 1.62. The third-order valence-corrected chi connectivity index (χ3v) is 2.85. The van der Waals surface area contributed by atoms with Gasteiger partial charge in [-0.3, -0.25) is 9.78 Å². The van der Waals surface area contributed by atoms with Gasteiger partial charge in [-0.2, -0.15) is 0 Å². The predicted octanol–water partition coefficient (Wildman–Crippen LogP) is 1.71. The van der Waals surface area contributed by atoms with Crippen molar-refractivity contribution in [2.75, 3.05) is 7.05 Å². The first kappa shape index (κ1) is 9.19. The van der Waals surface area contributed by atoms with E-state index in [1.807, 2.05) is 18.0 Å². The van der Waals surface area contributed by atoms with E-state index in [0.717, 1.165) is 12.8 Å². The Morgan fingerprint density at radius 3 is 2.86 bits per heavy atom. The maximum absolute atomic E-state index is 11.9. The monoisotopic (exact) mass is 190 g/mol. The zero-order valence-corrected chi connectivity index (χ0v) is 8.31. The molecular formula is C11H14N2O. The maximum atomic E-state index is 11.9. The number of carbonyl (C=O) groups excluding carboxylic acids is 1. The minimum Gasteiger partial charge on any atom is -0.339 e. The summed E-state index contributed by atoms with van der Waals surface area (Å²) in [4.78, 5) is 17.6. The third-order valence-electron chi connectivity index (χ3n) is 2.85. The Kier molecular flexibility index (Phi) is 2.48. The van der Waals surface area contributed by atoms with E-state index >= 15 is 0 Å². The molecule has 0 aromatic carbocycles. The Balaban J connectivity index is 2.07. The molecule has 0 aliphatic heterocycles. The van der Waals surface area contributed by atoms with E-state index in [2.05, 4.69) is 4.98 Å². The number of aromatic nitrogens is 1. The molecule has 2 rings (SSSR count). The van der Waals surface area contributed by atoms with Crippen LogP contribution in [0.25, 0.3) is 0 Å². The summed E-state index contributed by atoms with van der Waals surface area (Å²) in [6, 6.07) is 4.05. The number of nitrogens with zero attached hydrogens (tertiary/aromatic N) is 2. The molecule has 74 valence electrons. The lowest BCUT2D eigenvalue weighted by molar-refractivity contribution is 0.0651. The van der Waals surface area contributed by atoms with Crippen LogP contribution in [-0.2, 0) is 0 Å². The number of hydrogen-bond donors (Lipinski definition) is 0. The van der Waals surface area contributed by atoms with Crippen molar-refractivity contribution in [1.82, 2.24) is 9.88 Å². The van der Waals surface area contributed by atoms with Crippen molar-refractivity contribution < 1.29 is 4.79 Å². The first-order chi connectivity index (χ1) is 6.79. The second kappa shape index (κ2) is 3.78.